The van der Waals surface area contributed by atoms with Crippen LogP contribution in [0, 0.1) is 0 Å². The van der Waals surface area contributed by atoms with Crippen LogP contribution >= 0.6 is 0 Å². The van der Waals surface area contributed by atoms with Crippen molar-refractivity contribution < 1.29 is 5.11 Å². The van der Waals surface area contributed by atoms with Crippen molar-refractivity contribution in [3.05, 3.63) is 53.9 Å². The summed E-state index contributed by atoms with van der Waals surface area (Å²) in [4.78, 5) is 12.4. The molecule has 6 nitrogen and oxygen atoms in total. The van der Waals surface area contributed by atoms with Crippen LogP contribution in [0.1, 0.15) is 88.4 Å². The number of aliphatic hydroxyl groups excluding tert-OH is 1. The highest BCUT2D eigenvalue weighted by molar-refractivity contribution is 5.81. The zero-order valence-electron chi connectivity index (χ0n) is 20.8. The summed E-state index contributed by atoms with van der Waals surface area (Å²) in [5, 5.41) is 14.8. The van der Waals surface area contributed by atoms with E-state index in [-0.39, 0.29) is 12.1 Å². The fourth-order valence-electron chi connectivity index (χ4n) is 5.81. The lowest BCUT2D eigenvalue weighted by Gasteiger charge is -2.34. The lowest BCUT2D eigenvalue weighted by atomic mass is 9.89. The molecule has 2 N–H and O–H groups in total. The maximum atomic E-state index is 10.1. The zero-order chi connectivity index (χ0) is 23.7. The van der Waals surface area contributed by atoms with E-state index in [4.69, 9.17) is 9.97 Å². The minimum absolute atomic E-state index is 0.131. The van der Waals surface area contributed by atoms with Gasteiger partial charge < -0.3 is 19.9 Å². The molecule has 3 heterocycles. The van der Waals surface area contributed by atoms with Gasteiger partial charge in [0.25, 0.3) is 0 Å². The van der Waals surface area contributed by atoms with E-state index in [2.05, 4.69) is 66.0 Å². The molecule has 0 amide bonds. The fraction of sp³-hybridized carbons (Fsp3) is 0.571. The maximum Gasteiger partial charge on any atom is 0.225 e. The number of aromatic nitrogens is 3. The van der Waals surface area contributed by atoms with Crippen LogP contribution < -0.4 is 5.32 Å². The Morgan fingerprint density at radius 2 is 1.68 bits per heavy atom. The van der Waals surface area contributed by atoms with E-state index in [1.807, 2.05) is 12.3 Å². The number of benzene rings is 1. The van der Waals surface area contributed by atoms with Gasteiger partial charge in [0.15, 0.2) is 0 Å². The normalized spacial score (nSPS) is 23.4. The van der Waals surface area contributed by atoms with Gasteiger partial charge >= 0.3 is 0 Å². The van der Waals surface area contributed by atoms with Crippen LogP contribution in [-0.4, -0.2) is 49.8 Å². The molecule has 2 fully saturated rings. The molecule has 1 atom stereocenters. The summed E-state index contributed by atoms with van der Waals surface area (Å²) in [5.74, 6) is 1.24. The third-order valence-electron chi connectivity index (χ3n) is 8.01. The summed E-state index contributed by atoms with van der Waals surface area (Å²) < 4.78 is 2.41. The van der Waals surface area contributed by atoms with E-state index in [0.717, 1.165) is 44.4 Å². The number of nitrogens with zero attached hydrogens (tertiary/aromatic N) is 4. The van der Waals surface area contributed by atoms with E-state index >= 15 is 0 Å². The van der Waals surface area contributed by atoms with Crippen LogP contribution in [0.15, 0.2) is 42.7 Å². The van der Waals surface area contributed by atoms with Gasteiger partial charge in [0.05, 0.1) is 12.1 Å². The average molecular weight is 462 g/mol. The molecule has 0 bridgehead atoms. The molecule has 34 heavy (non-hydrogen) atoms. The maximum absolute atomic E-state index is 10.1. The molecule has 2 aliphatic rings. The lowest BCUT2D eigenvalue weighted by Crippen LogP contribution is -2.37. The molecule has 5 rings (SSSR count). The van der Waals surface area contributed by atoms with Crippen molar-refractivity contribution >= 4 is 17.0 Å². The number of fused-ring (bicyclic) bond motifs is 1. The van der Waals surface area contributed by atoms with Gasteiger partial charge in [0, 0.05) is 29.9 Å². The highest BCUT2D eigenvalue weighted by atomic mass is 16.3. The van der Waals surface area contributed by atoms with Gasteiger partial charge in [-0.05, 0) is 89.4 Å². The minimum atomic E-state index is -0.156. The highest BCUT2D eigenvalue weighted by Crippen LogP contribution is 2.38. The molecule has 1 aliphatic carbocycles. The van der Waals surface area contributed by atoms with Gasteiger partial charge in [-0.1, -0.05) is 30.3 Å². The molecule has 3 aromatic rings. The number of anilines is 1. The minimum Gasteiger partial charge on any atom is -0.393 e. The highest BCUT2D eigenvalue weighted by Gasteiger charge is 2.28. The van der Waals surface area contributed by atoms with Crippen molar-refractivity contribution in [2.75, 3.05) is 18.4 Å². The number of aliphatic hydroxyl groups is 1. The molecular weight excluding hydrogens is 422 g/mol. The van der Waals surface area contributed by atoms with Crippen molar-refractivity contribution in [3.63, 3.8) is 0 Å². The van der Waals surface area contributed by atoms with Gasteiger partial charge in [-0.25, -0.2) is 4.98 Å². The molecule has 6 heteroatoms. The summed E-state index contributed by atoms with van der Waals surface area (Å²) >= 11 is 0. The Morgan fingerprint density at radius 3 is 2.35 bits per heavy atom. The third kappa shape index (κ3) is 4.84. The summed E-state index contributed by atoms with van der Waals surface area (Å²) in [6.45, 7) is 9.04. The summed E-state index contributed by atoms with van der Waals surface area (Å²) in [7, 11) is 0. The second kappa shape index (κ2) is 10.0. The Balaban J connectivity index is 1.46. The van der Waals surface area contributed by atoms with E-state index < -0.39 is 0 Å². The smallest absolute Gasteiger partial charge is 0.225 e. The molecule has 1 saturated heterocycles. The molecule has 182 valence electrons. The average Bonchev–Trinajstić information content (AvgIpc) is 3.24. The van der Waals surface area contributed by atoms with E-state index in [9.17, 15) is 5.11 Å². The summed E-state index contributed by atoms with van der Waals surface area (Å²) in [6.07, 6.45) is 10.4. The molecule has 2 aromatic heterocycles. The first-order chi connectivity index (χ1) is 16.5. The Morgan fingerprint density at radius 1 is 0.971 bits per heavy atom. The monoisotopic (exact) mass is 461 g/mol. The molecule has 1 saturated carbocycles. The Labute approximate surface area is 203 Å². The van der Waals surface area contributed by atoms with Gasteiger partial charge in [0.2, 0.25) is 5.95 Å². The van der Waals surface area contributed by atoms with Crippen LogP contribution in [0.25, 0.3) is 11.0 Å². The van der Waals surface area contributed by atoms with Crippen molar-refractivity contribution in [1.82, 2.24) is 19.4 Å². The third-order valence-corrected chi connectivity index (χ3v) is 8.01. The van der Waals surface area contributed by atoms with Gasteiger partial charge in [-0.15, -0.1) is 0 Å². The molecule has 0 unspecified atom stereocenters. The number of hydrogen-bond donors (Lipinski definition) is 2. The summed E-state index contributed by atoms with van der Waals surface area (Å²) in [6, 6.07) is 11.6. The Bertz CT molecular complexity index is 1080. The predicted molar refractivity (Wildman–Crippen MR) is 138 cm³/mol. The van der Waals surface area contributed by atoms with E-state index in [1.165, 1.54) is 29.4 Å². The van der Waals surface area contributed by atoms with Crippen molar-refractivity contribution in [2.24, 2.45) is 0 Å². The first-order valence-corrected chi connectivity index (χ1v) is 13.1. The van der Waals surface area contributed by atoms with Crippen LogP contribution in [0.5, 0.6) is 0 Å². The SMILES string of the molecule is CC(C)N1CCC(c2cn([C@H]3CC[C@H](O)CC3)c3nc(N[C@@H](C)c4ccccc4)ncc23)CC1. The predicted octanol–water partition coefficient (Wildman–Crippen LogP) is 5.67. The first kappa shape index (κ1) is 23.3. The molecular formula is C28H39N5O. The number of hydrogen-bond acceptors (Lipinski definition) is 5. The number of rotatable bonds is 6. The molecule has 0 spiro atoms. The van der Waals surface area contributed by atoms with Crippen LogP contribution in [0.2, 0.25) is 0 Å². The van der Waals surface area contributed by atoms with Crippen LogP contribution in [-0.2, 0) is 0 Å². The van der Waals surface area contributed by atoms with Gasteiger partial charge in [-0.2, -0.15) is 4.98 Å². The van der Waals surface area contributed by atoms with Crippen molar-refractivity contribution in [1.29, 1.82) is 0 Å². The fourth-order valence-corrected chi connectivity index (χ4v) is 5.81. The second-order valence-electron chi connectivity index (χ2n) is 10.6. The standard InChI is InChI=1S/C28H39N5O/c1-19(2)32-15-13-22(14-16-32)26-18-33(23-9-11-24(34)12-10-23)27-25(26)17-29-28(31-27)30-20(3)21-7-5-4-6-8-21/h4-8,17-20,22-24,34H,9-16H2,1-3H3,(H,29,30,31)/t20-,23-,24-/m0/s1. The first-order valence-electron chi connectivity index (χ1n) is 13.1. The van der Waals surface area contributed by atoms with E-state index in [1.54, 1.807) is 0 Å². The van der Waals surface area contributed by atoms with Crippen LogP contribution in [0.4, 0.5) is 5.95 Å². The van der Waals surface area contributed by atoms with Gasteiger partial charge in [-0.3, -0.25) is 0 Å². The Hall–Kier alpha value is -2.44. The molecule has 1 aromatic carbocycles. The Kier molecular flexibility index (Phi) is 6.89. The summed E-state index contributed by atoms with van der Waals surface area (Å²) in [5.41, 5.74) is 3.67. The van der Waals surface area contributed by atoms with Gasteiger partial charge in [0.1, 0.15) is 5.65 Å². The zero-order valence-corrected chi connectivity index (χ0v) is 20.8. The molecule has 1 aliphatic heterocycles. The van der Waals surface area contributed by atoms with E-state index in [0.29, 0.717) is 23.9 Å². The quantitative estimate of drug-likeness (QED) is 0.495. The molecule has 0 radical (unpaired) electrons. The number of nitrogens with one attached hydrogen (secondary N) is 1. The van der Waals surface area contributed by atoms with Crippen molar-refractivity contribution in [3.8, 4) is 0 Å². The number of piperidine rings is 1. The lowest BCUT2D eigenvalue weighted by molar-refractivity contribution is 0.111. The topological polar surface area (TPSA) is 66.2 Å². The van der Waals surface area contributed by atoms with Crippen molar-refractivity contribution in [2.45, 2.75) is 89.4 Å². The second-order valence-corrected chi connectivity index (χ2v) is 10.6. The van der Waals surface area contributed by atoms with Crippen LogP contribution in [0.3, 0.4) is 0 Å². The largest absolute Gasteiger partial charge is 0.393 e. The number of likely N-dealkylation sites (tertiary alicyclic amines) is 1.